The standard InChI is InChI=1S/C10H14FN3/c1-14(7-10(12)13)6-8-4-2-3-5-9(8)11/h2-5H,6-7H2,1H3,(H3,12,13). The Morgan fingerprint density at radius 2 is 2.14 bits per heavy atom. The predicted octanol–water partition coefficient (Wildman–Crippen LogP) is 1.19. The summed E-state index contributed by atoms with van der Waals surface area (Å²) in [7, 11) is 1.80. The number of rotatable bonds is 4. The van der Waals surface area contributed by atoms with Crippen molar-refractivity contribution in [3.63, 3.8) is 0 Å². The van der Waals surface area contributed by atoms with Gasteiger partial charge in [0.05, 0.1) is 6.54 Å². The highest BCUT2D eigenvalue weighted by molar-refractivity contribution is 5.78. The molecule has 0 saturated heterocycles. The first-order valence-electron chi connectivity index (χ1n) is 4.34. The van der Waals surface area contributed by atoms with Crippen molar-refractivity contribution in [1.82, 2.24) is 4.90 Å². The third-order valence-electron chi connectivity index (χ3n) is 1.84. The second kappa shape index (κ2) is 4.72. The number of hydrogen-bond acceptors (Lipinski definition) is 2. The third-order valence-corrected chi connectivity index (χ3v) is 1.84. The Morgan fingerprint density at radius 1 is 1.50 bits per heavy atom. The first-order chi connectivity index (χ1) is 6.59. The van der Waals surface area contributed by atoms with Crippen LogP contribution in [0.1, 0.15) is 5.56 Å². The van der Waals surface area contributed by atoms with Crippen LogP contribution >= 0.6 is 0 Å². The number of benzene rings is 1. The Kier molecular flexibility index (Phi) is 3.59. The summed E-state index contributed by atoms with van der Waals surface area (Å²) >= 11 is 0. The fraction of sp³-hybridized carbons (Fsp3) is 0.300. The molecule has 0 fully saturated rings. The number of hydrogen-bond donors (Lipinski definition) is 2. The lowest BCUT2D eigenvalue weighted by Gasteiger charge is -2.15. The molecule has 1 aromatic carbocycles. The highest BCUT2D eigenvalue weighted by Crippen LogP contribution is 2.08. The van der Waals surface area contributed by atoms with Crippen LogP contribution in [0.5, 0.6) is 0 Å². The Hall–Kier alpha value is -1.42. The molecule has 76 valence electrons. The van der Waals surface area contributed by atoms with E-state index in [1.165, 1.54) is 6.07 Å². The SMILES string of the molecule is CN(CC(=N)N)Cc1ccccc1F. The molecule has 0 spiro atoms. The number of nitrogens with one attached hydrogen (secondary N) is 1. The molecule has 0 heterocycles. The van der Waals surface area contributed by atoms with Crippen LogP contribution in [0.15, 0.2) is 24.3 Å². The maximum absolute atomic E-state index is 13.2. The maximum atomic E-state index is 13.2. The molecule has 0 unspecified atom stereocenters. The van der Waals surface area contributed by atoms with Crippen LogP contribution < -0.4 is 5.73 Å². The van der Waals surface area contributed by atoms with Crippen LogP contribution in [0.4, 0.5) is 4.39 Å². The summed E-state index contributed by atoms with van der Waals surface area (Å²) in [6, 6.07) is 6.60. The Balaban J connectivity index is 2.60. The highest BCUT2D eigenvalue weighted by Gasteiger charge is 2.05. The maximum Gasteiger partial charge on any atom is 0.127 e. The third kappa shape index (κ3) is 3.14. The van der Waals surface area contributed by atoms with E-state index in [1.807, 2.05) is 0 Å². The molecule has 4 heteroatoms. The quantitative estimate of drug-likeness (QED) is 0.560. The van der Waals surface area contributed by atoms with Crippen molar-refractivity contribution in [2.24, 2.45) is 5.73 Å². The van der Waals surface area contributed by atoms with Gasteiger partial charge in [0.25, 0.3) is 0 Å². The van der Waals surface area contributed by atoms with Gasteiger partial charge in [-0.05, 0) is 13.1 Å². The molecule has 0 aliphatic heterocycles. The summed E-state index contributed by atoms with van der Waals surface area (Å²) in [5.41, 5.74) is 5.85. The fourth-order valence-electron chi connectivity index (χ4n) is 1.26. The predicted molar refractivity (Wildman–Crippen MR) is 54.6 cm³/mol. The van der Waals surface area contributed by atoms with Gasteiger partial charge in [0.15, 0.2) is 0 Å². The van der Waals surface area contributed by atoms with E-state index in [2.05, 4.69) is 0 Å². The lowest BCUT2D eigenvalue weighted by molar-refractivity contribution is 0.364. The molecule has 0 atom stereocenters. The van der Waals surface area contributed by atoms with Gasteiger partial charge < -0.3 is 5.73 Å². The average Bonchev–Trinajstić information content (AvgIpc) is 2.07. The molecule has 1 rings (SSSR count). The minimum Gasteiger partial charge on any atom is -0.387 e. The lowest BCUT2D eigenvalue weighted by atomic mass is 10.2. The number of amidine groups is 1. The molecule has 0 radical (unpaired) electrons. The molecule has 0 aliphatic rings. The van der Waals surface area contributed by atoms with Gasteiger partial charge in [-0.3, -0.25) is 10.3 Å². The van der Waals surface area contributed by atoms with E-state index in [0.717, 1.165) is 0 Å². The van der Waals surface area contributed by atoms with Crippen molar-refractivity contribution in [1.29, 1.82) is 5.41 Å². The van der Waals surface area contributed by atoms with Gasteiger partial charge in [-0.25, -0.2) is 4.39 Å². The molecule has 0 aromatic heterocycles. The summed E-state index contributed by atoms with van der Waals surface area (Å²) in [5.74, 6) is -0.133. The van der Waals surface area contributed by atoms with Crippen LogP contribution in [0.3, 0.4) is 0 Å². The van der Waals surface area contributed by atoms with Crippen molar-refractivity contribution in [3.8, 4) is 0 Å². The smallest absolute Gasteiger partial charge is 0.127 e. The number of nitrogens with zero attached hydrogens (tertiary/aromatic N) is 1. The lowest BCUT2D eigenvalue weighted by Crippen LogP contribution is -2.30. The summed E-state index contributed by atoms with van der Waals surface area (Å²) in [6.07, 6.45) is 0. The molecule has 0 saturated carbocycles. The molecule has 1 aromatic rings. The molecule has 0 aliphatic carbocycles. The average molecular weight is 195 g/mol. The van der Waals surface area contributed by atoms with Crippen molar-refractivity contribution in [2.75, 3.05) is 13.6 Å². The molecular formula is C10H14FN3. The topological polar surface area (TPSA) is 53.1 Å². The Morgan fingerprint density at radius 3 is 2.71 bits per heavy atom. The van der Waals surface area contributed by atoms with E-state index in [9.17, 15) is 4.39 Å². The summed E-state index contributed by atoms with van der Waals surface area (Å²) in [6.45, 7) is 0.820. The summed E-state index contributed by atoms with van der Waals surface area (Å²) in [5, 5.41) is 7.09. The van der Waals surface area contributed by atoms with Crippen LogP contribution in [-0.2, 0) is 6.54 Å². The largest absolute Gasteiger partial charge is 0.387 e. The van der Waals surface area contributed by atoms with E-state index < -0.39 is 0 Å². The molecule has 3 N–H and O–H groups in total. The van der Waals surface area contributed by atoms with Crippen LogP contribution in [0.2, 0.25) is 0 Å². The normalized spacial score (nSPS) is 10.5. The fourth-order valence-corrected chi connectivity index (χ4v) is 1.26. The van der Waals surface area contributed by atoms with Crippen LogP contribution in [0, 0.1) is 11.2 Å². The zero-order valence-electron chi connectivity index (χ0n) is 8.13. The number of nitrogens with two attached hydrogens (primary N) is 1. The zero-order valence-corrected chi connectivity index (χ0v) is 8.13. The second-order valence-electron chi connectivity index (χ2n) is 3.29. The van der Waals surface area contributed by atoms with Gasteiger partial charge in [-0.2, -0.15) is 0 Å². The Labute approximate surface area is 82.8 Å². The van der Waals surface area contributed by atoms with Gasteiger partial charge in [0.2, 0.25) is 0 Å². The second-order valence-corrected chi connectivity index (χ2v) is 3.29. The number of halogens is 1. The molecule has 0 amide bonds. The van der Waals surface area contributed by atoms with Crippen molar-refractivity contribution < 1.29 is 4.39 Å². The van der Waals surface area contributed by atoms with E-state index >= 15 is 0 Å². The monoisotopic (exact) mass is 195 g/mol. The first kappa shape index (κ1) is 10.7. The van der Waals surface area contributed by atoms with Crippen molar-refractivity contribution in [2.45, 2.75) is 6.54 Å². The number of likely N-dealkylation sites (N-methyl/N-ethyl adjacent to an activating group) is 1. The van der Waals surface area contributed by atoms with E-state index in [1.54, 1.807) is 30.1 Å². The minimum atomic E-state index is -0.220. The minimum absolute atomic E-state index is 0.0869. The van der Waals surface area contributed by atoms with Gasteiger partial charge in [-0.15, -0.1) is 0 Å². The van der Waals surface area contributed by atoms with Crippen LogP contribution in [0.25, 0.3) is 0 Å². The summed E-state index contributed by atoms with van der Waals surface area (Å²) in [4.78, 5) is 1.79. The van der Waals surface area contributed by atoms with Gasteiger partial charge in [-0.1, -0.05) is 18.2 Å². The molecular weight excluding hydrogens is 181 g/mol. The van der Waals surface area contributed by atoms with Crippen molar-refractivity contribution >= 4 is 5.84 Å². The highest BCUT2D eigenvalue weighted by atomic mass is 19.1. The van der Waals surface area contributed by atoms with E-state index in [4.69, 9.17) is 11.1 Å². The van der Waals surface area contributed by atoms with E-state index in [-0.39, 0.29) is 11.7 Å². The molecule has 3 nitrogen and oxygen atoms in total. The molecule has 14 heavy (non-hydrogen) atoms. The van der Waals surface area contributed by atoms with Gasteiger partial charge >= 0.3 is 0 Å². The van der Waals surface area contributed by atoms with E-state index in [0.29, 0.717) is 18.7 Å². The Bertz CT molecular complexity index is 325. The van der Waals surface area contributed by atoms with Gasteiger partial charge in [0, 0.05) is 12.1 Å². The molecule has 0 bridgehead atoms. The van der Waals surface area contributed by atoms with Crippen LogP contribution in [-0.4, -0.2) is 24.3 Å². The zero-order chi connectivity index (χ0) is 10.6. The summed E-state index contributed by atoms with van der Waals surface area (Å²) < 4.78 is 13.2. The first-order valence-corrected chi connectivity index (χ1v) is 4.34. The van der Waals surface area contributed by atoms with Crippen molar-refractivity contribution in [3.05, 3.63) is 35.6 Å². The van der Waals surface area contributed by atoms with Gasteiger partial charge in [0.1, 0.15) is 11.7 Å².